The van der Waals surface area contributed by atoms with Gasteiger partial charge in [0.25, 0.3) is 0 Å². The number of hydrogen-bond donors (Lipinski definition) is 4. The van der Waals surface area contributed by atoms with Crippen molar-refractivity contribution in [2.24, 2.45) is 0 Å². The third-order valence-corrected chi connectivity index (χ3v) is 4.43. The highest BCUT2D eigenvalue weighted by atomic mass is 16.6. The van der Waals surface area contributed by atoms with Crippen LogP contribution in [0.1, 0.15) is 23.9 Å². The normalized spacial score (nSPS) is 29.7. The molecule has 8 nitrogen and oxygen atoms in total. The van der Waals surface area contributed by atoms with Gasteiger partial charge in [0, 0.05) is 0 Å². The van der Waals surface area contributed by atoms with Crippen molar-refractivity contribution in [3.8, 4) is 0 Å². The van der Waals surface area contributed by atoms with Crippen molar-refractivity contribution < 1.29 is 25.2 Å². The second kappa shape index (κ2) is 8.03. The van der Waals surface area contributed by atoms with Crippen LogP contribution in [-0.2, 0) is 17.6 Å². The van der Waals surface area contributed by atoms with Crippen molar-refractivity contribution in [2.45, 2.75) is 49.9 Å². The molecule has 2 aromatic rings. The Balaban J connectivity index is 1.60. The average Bonchev–Trinajstić information content (AvgIpc) is 3.09. The molecule has 1 aromatic heterocycles. The van der Waals surface area contributed by atoms with E-state index in [1.165, 1.54) is 10.2 Å². The molecule has 1 fully saturated rings. The lowest BCUT2D eigenvalue weighted by Crippen LogP contribution is -2.56. The number of aromatic nitrogens is 3. The standard InChI is InChI=1S/C17H23N3O5/c21-10-13-14(22)15(23)16(24)17(25-13)20-9-12(18-19-20)8-4-7-11-5-2-1-3-6-11/h1-3,5-6,9,13-17,21-24H,4,7-8,10H2/t13-,14-,15+,16-,17-/m1/s1. The van der Waals surface area contributed by atoms with E-state index in [-0.39, 0.29) is 0 Å². The van der Waals surface area contributed by atoms with Gasteiger partial charge in [-0.05, 0) is 24.8 Å². The molecule has 0 saturated carbocycles. The maximum Gasteiger partial charge on any atom is 0.180 e. The monoisotopic (exact) mass is 349 g/mol. The fourth-order valence-corrected chi connectivity index (χ4v) is 2.97. The van der Waals surface area contributed by atoms with Gasteiger partial charge in [0.2, 0.25) is 0 Å². The van der Waals surface area contributed by atoms with Crippen molar-refractivity contribution in [2.75, 3.05) is 6.61 Å². The number of benzene rings is 1. The Morgan fingerprint density at radius 3 is 2.48 bits per heavy atom. The molecule has 25 heavy (non-hydrogen) atoms. The molecular formula is C17H23N3O5. The van der Waals surface area contributed by atoms with Crippen molar-refractivity contribution in [3.63, 3.8) is 0 Å². The maximum absolute atomic E-state index is 10.1. The largest absolute Gasteiger partial charge is 0.394 e. The predicted octanol–water partition coefficient (Wildman–Crippen LogP) is -0.574. The molecule has 136 valence electrons. The molecule has 1 aliphatic heterocycles. The van der Waals surface area contributed by atoms with Gasteiger partial charge in [0.1, 0.15) is 24.4 Å². The van der Waals surface area contributed by atoms with Crippen LogP contribution in [0.25, 0.3) is 0 Å². The van der Waals surface area contributed by atoms with Crippen LogP contribution < -0.4 is 0 Å². The van der Waals surface area contributed by atoms with Crippen LogP contribution >= 0.6 is 0 Å². The summed E-state index contributed by atoms with van der Waals surface area (Å²) >= 11 is 0. The van der Waals surface area contributed by atoms with Gasteiger partial charge in [0.05, 0.1) is 18.5 Å². The lowest BCUT2D eigenvalue weighted by molar-refractivity contribution is -0.254. The Morgan fingerprint density at radius 2 is 1.76 bits per heavy atom. The Labute approximate surface area is 145 Å². The van der Waals surface area contributed by atoms with Gasteiger partial charge in [-0.3, -0.25) is 0 Å². The minimum absolute atomic E-state index is 0.472. The summed E-state index contributed by atoms with van der Waals surface area (Å²) < 4.78 is 6.77. The first-order valence-electron chi connectivity index (χ1n) is 8.35. The summed E-state index contributed by atoms with van der Waals surface area (Å²) in [5.74, 6) is 0. The Hall–Kier alpha value is -1.84. The van der Waals surface area contributed by atoms with Crippen LogP contribution in [0, 0.1) is 0 Å². The SMILES string of the molecule is OC[C@H]1O[C@@H](n2cc(CCCc3ccccc3)nn2)[C@H](O)[C@@H](O)[C@@H]1O. The highest BCUT2D eigenvalue weighted by Crippen LogP contribution is 2.27. The van der Waals surface area contributed by atoms with Crippen molar-refractivity contribution in [3.05, 3.63) is 47.8 Å². The minimum atomic E-state index is -1.43. The molecule has 0 bridgehead atoms. The number of aliphatic hydroxyl groups excluding tert-OH is 4. The number of aryl methyl sites for hydroxylation is 2. The first kappa shape index (κ1) is 18.0. The average molecular weight is 349 g/mol. The van der Waals surface area contributed by atoms with E-state index in [0.29, 0.717) is 6.42 Å². The predicted molar refractivity (Wildman–Crippen MR) is 87.5 cm³/mol. The number of aliphatic hydroxyl groups is 4. The summed E-state index contributed by atoms with van der Waals surface area (Å²) in [5, 5.41) is 47.0. The smallest absolute Gasteiger partial charge is 0.180 e. The molecule has 8 heteroatoms. The van der Waals surface area contributed by atoms with E-state index in [9.17, 15) is 20.4 Å². The molecule has 0 amide bonds. The number of ether oxygens (including phenoxy) is 1. The van der Waals surface area contributed by atoms with Crippen molar-refractivity contribution in [1.29, 1.82) is 0 Å². The lowest BCUT2D eigenvalue weighted by Gasteiger charge is -2.39. The zero-order valence-corrected chi connectivity index (χ0v) is 13.7. The van der Waals surface area contributed by atoms with E-state index in [0.717, 1.165) is 18.5 Å². The molecule has 5 atom stereocenters. The number of rotatable bonds is 6. The molecule has 1 aromatic carbocycles. The molecule has 0 aliphatic carbocycles. The topological polar surface area (TPSA) is 121 Å². The van der Waals surface area contributed by atoms with Crippen LogP contribution in [0.5, 0.6) is 0 Å². The van der Waals surface area contributed by atoms with Crippen LogP contribution in [0.15, 0.2) is 36.5 Å². The van der Waals surface area contributed by atoms with Crippen LogP contribution in [0.3, 0.4) is 0 Å². The maximum atomic E-state index is 10.1. The second-order valence-electron chi connectivity index (χ2n) is 6.25. The zero-order valence-electron chi connectivity index (χ0n) is 13.7. The second-order valence-corrected chi connectivity index (χ2v) is 6.25. The van der Waals surface area contributed by atoms with Gasteiger partial charge >= 0.3 is 0 Å². The fourth-order valence-electron chi connectivity index (χ4n) is 2.97. The van der Waals surface area contributed by atoms with Gasteiger partial charge in [-0.1, -0.05) is 35.5 Å². The quantitative estimate of drug-likeness (QED) is 0.551. The Kier molecular flexibility index (Phi) is 5.77. The first-order chi connectivity index (χ1) is 12.1. The van der Waals surface area contributed by atoms with E-state index < -0.39 is 37.3 Å². The van der Waals surface area contributed by atoms with Gasteiger partial charge in [-0.2, -0.15) is 0 Å². The third kappa shape index (κ3) is 4.05. The summed E-state index contributed by atoms with van der Waals surface area (Å²) in [6, 6.07) is 10.1. The molecule has 2 heterocycles. The zero-order chi connectivity index (χ0) is 17.8. The summed E-state index contributed by atoms with van der Waals surface area (Å²) in [4.78, 5) is 0. The van der Waals surface area contributed by atoms with E-state index in [1.54, 1.807) is 6.20 Å². The van der Waals surface area contributed by atoms with Gasteiger partial charge < -0.3 is 25.2 Å². The Morgan fingerprint density at radius 1 is 1.00 bits per heavy atom. The van der Waals surface area contributed by atoms with Crippen molar-refractivity contribution in [1.82, 2.24) is 15.0 Å². The Bertz CT molecular complexity index is 663. The number of nitrogens with zero attached hydrogens (tertiary/aromatic N) is 3. The van der Waals surface area contributed by atoms with Gasteiger partial charge in [-0.15, -0.1) is 5.10 Å². The third-order valence-electron chi connectivity index (χ3n) is 4.43. The van der Waals surface area contributed by atoms with E-state index in [4.69, 9.17) is 4.74 Å². The molecule has 4 N–H and O–H groups in total. The van der Waals surface area contributed by atoms with E-state index in [2.05, 4.69) is 22.4 Å². The molecule has 3 rings (SSSR count). The molecule has 0 unspecified atom stereocenters. The minimum Gasteiger partial charge on any atom is -0.394 e. The summed E-state index contributed by atoms with van der Waals surface area (Å²) in [5.41, 5.74) is 2.00. The number of hydrogen-bond acceptors (Lipinski definition) is 7. The van der Waals surface area contributed by atoms with Gasteiger partial charge in [-0.25, -0.2) is 4.68 Å². The van der Waals surface area contributed by atoms with Crippen LogP contribution in [0.4, 0.5) is 0 Å². The summed E-state index contributed by atoms with van der Waals surface area (Å²) in [6.45, 7) is -0.472. The van der Waals surface area contributed by atoms with Crippen LogP contribution in [0.2, 0.25) is 0 Å². The van der Waals surface area contributed by atoms with Gasteiger partial charge in [0.15, 0.2) is 6.23 Å². The molecular weight excluding hydrogens is 326 g/mol. The highest BCUT2D eigenvalue weighted by Gasteiger charge is 2.44. The molecule has 0 radical (unpaired) electrons. The first-order valence-corrected chi connectivity index (χ1v) is 8.35. The van der Waals surface area contributed by atoms with E-state index >= 15 is 0 Å². The molecule has 1 saturated heterocycles. The summed E-state index contributed by atoms with van der Waals surface area (Å²) in [6.07, 6.45) is -1.96. The van der Waals surface area contributed by atoms with E-state index in [1.807, 2.05) is 18.2 Å². The fraction of sp³-hybridized carbons (Fsp3) is 0.529. The lowest BCUT2D eigenvalue weighted by atomic mass is 9.98. The highest BCUT2D eigenvalue weighted by molar-refractivity contribution is 5.14. The summed E-state index contributed by atoms with van der Waals surface area (Å²) in [7, 11) is 0. The van der Waals surface area contributed by atoms with Crippen molar-refractivity contribution >= 4 is 0 Å². The molecule has 1 aliphatic rings. The molecule has 0 spiro atoms. The van der Waals surface area contributed by atoms with Crippen LogP contribution in [-0.4, -0.2) is 66.4 Å².